The Morgan fingerprint density at radius 2 is 1.17 bits per heavy atom. The van der Waals surface area contributed by atoms with Crippen molar-refractivity contribution in [3.63, 3.8) is 0 Å². The van der Waals surface area contributed by atoms with Gasteiger partial charge in [0, 0.05) is 12.3 Å². The van der Waals surface area contributed by atoms with Gasteiger partial charge in [0.25, 0.3) is 0 Å². The van der Waals surface area contributed by atoms with Gasteiger partial charge in [-0.3, -0.25) is 19.2 Å². The van der Waals surface area contributed by atoms with Crippen molar-refractivity contribution in [2.24, 2.45) is 51.8 Å². The van der Waals surface area contributed by atoms with Crippen molar-refractivity contribution in [1.82, 2.24) is 0 Å². The molecule has 0 aromatic rings. The van der Waals surface area contributed by atoms with Crippen LogP contribution in [0.15, 0.2) is 0 Å². The monoisotopic (exact) mass is 927 g/mol. The first-order valence-corrected chi connectivity index (χ1v) is 23.2. The molecule has 384 valence electrons. The van der Waals surface area contributed by atoms with Gasteiger partial charge in [-0.05, 0) is 168 Å². The van der Waals surface area contributed by atoms with Crippen LogP contribution in [0, 0.1) is 51.8 Å². The molecule has 7 saturated carbocycles. The molecule has 11 heteroatoms. The second kappa shape index (κ2) is 24.5. The number of hydrogen-bond acceptors (Lipinski definition) is 11. The molecule has 7 aliphatic carbocycles. The third-order valence-electron chi connectivity index (χ3n) is 15.8. The van der Waals surface area contributed by atoms with Gasteiger partial charge in [-0.15, -0.1) is 0 Å². The first-order chi connectivity index (χ1) is 27.4. The normalized spacial score (nSPS) is 30.7. The van der Waals surface area contributed by atoms with Crippen LogP contribution in [-0.2, 0) is 47.7 Å². The second-order valence-electron chi connectivity index (χ2n) is 22.1. The lowest BCUT2D eigenvalue weighted by atomic mass is 9.52. The molecule has 2 saturated heterocycles. The highest BCUT2D eigenvalue weighted by Crippen LogP contribution is 2.59. The van der Waals surface area contributed by atoms with Crippen molar-refractivity contribution >= 4 is 29.8 Å². The third-order valence-corrected chi connectivity index (χ3v) is 15.8. The zero-order valence-corrected chi connectivity index (χ0v) is 38.4. The van der Waals surface area contributed by atoms with Crippen molar-refractivity contribution in [2.45, 2.75) is 259 Å². The van der Waals surface area contributed by atoms with E-state index in [2.05, 4.69) is 13.8 Å². The number of hydrogen-bond donors (Lipinski definition) is 1. The van der Waals surface area contributed by atoms with Gasteiger partial charge in [0.2, 0.25) is 0 Å². The maximum absolute atomic E-state index is 12.4. The molecule has 7 atom stereocenters. The fourth-order valence-corrected chi connectivity index (χ4v) is 11.1. The molecule has 0 aromatic heterocycles. The summed E-state index contributed by atoms with van der Waals surface area (Å²) in [5.41, 5.74) is -2.46. The predicted octanol–water partition coefficient (Wildman–Crippen LogP) is 13.0. The van der Waals surface area contributed by atoms with Crippen LogP contribution in [-0.4, -0.2) is 70.6 Å². The van der Waals surface area contributed by atoms with E-state index in [0.717, 1.165) is 77.0 Å². The summed E-state index contributed by atoms with van der Waals surface area (Å²) < 4.78 is 28.0. The minimum atomic E-state index is -0.615. The molecule has 9 rings (SSSR count). The molecular weight excluding hydrogens is 825 g/mol. The summed E-state index contributed by atoms with van der Waals surface area (Å²) in [6, 6.07) is 0. The molecule has 0 radical (unpaired) electrons. The molecule has 9 aliphatic rings. The highest BCUT2D eigenvalue weighted by atomic mass is 16.6. The standard InChI is InChI=1S/C18H26O6.C16H26O3.C14H26O2.6CH4/c1-4-18(2,3)17(21)22-9-14(19)24-15-11-5-10-6-12(8-11)16(20)23-13(15)7-10;1-4-14(2,3)13(17)19-16-8-11-5-12(9-16)7-15(18,6-11)10-16;1-6-13(4,5)12(15)16-14(11(2)3)9-7-8-10-14;;;;;;/h10-13,15H,4-9H2,1-3H3;11-12,18H,4-10H2,1-3H3;11H,6-10H2,1-5H3;6*1H4. The Morgan fingerprint density at radius 3 is 1.65 bits per heavy atom. The molecule has 7 unspecified atom stereocenters. The first-order valence-electron chi connectivity index (χ1n) is 23.2. The molecule has 9 fully saturated rings. The Balaban J connectivity index is 0. The summed E-state index contributed by atoms with van der Waals surface area (Å²) in [5, 5.41) is 10.6. The molecule has 2 aliphatic heterocycles. The molecule has 0 aromatic carbocycles. The van der Waals surface area contributed by atoms with E-state index in [1.807, 2.05) is 48.5 Å². The van der Waals surface area contributed by atoms with Gasteiger partial charge in [-0.25, -0.2) is 4.79 Å². The Bertz CT molecular complexity index is 1520. The summed E-state index contributed by atoms with van der Waals surface area (Å²) in [6.07, 6.45) is 15.0. The summed E-state index contributed by atoms with van der Waals surface area (Å²) >= 11 is 0. The second-order valence-corrected chi connectivity index (χ2v) is 22.1. The largest absolute Gasteiger partial charge is 0.459 e. The van der Waals surface area contributed by atoms with E-state index in [-0.39, 0.29) is 104 Å². The number of rotatable bonds is 12. The van der Waals surface area contributed by atoms with Crippen molar-refractivity contribution in [2.75, 3.05) is 6.61 Å². The molecule has 0 amide bonds. The van der Waals surface area contributed by atoms with Gasteiger partial charge in [-0.1, -0.05) is 79.2 Å². The van der Waals surface area contributed by atoms with Crippen LogP contribution in [0.25, 0.3) is 0 Å². The van der Waals surface area contributed by atoms with Crippen LogP contribution in [0.2, 0.25) is 0 Å². The molecule has 8 bridgehead atoms. The predicted molar refractivity (Wildman–Crippen MR) is 263 cm³/mol. The average Bonchev–Trinajstić information content (AvgIpc) is 3.58. The van der Waals surface area contributed by atoms with Crippen LogP contribution in [0.3, 0.4) is 0 Å². The number of esters is 5. The summed E-state index contributed by atoms with van der Waals surface area (Å²) in [4.78, 5) is 60.6. The summed E-state index contributed by atoms with van der Waals surface area (Å²) in [7, 11) is 0. The summed E-state index contributed by atoms with van der Waals surface area (Å²) in [6.45, 7) is 21.3. The Labute approximate surface area is 398 Å². The van der Waals surface area contributed by atoms with Crippen LogP contribution >= 0.6 is 0 Å². The quantitative estimate of drug-likeness (QED) is 0.147. The lowest BCUT2D eigenvalue weighted by Gasteiger charge is -2.59. The highest BCUT2D eigenvalue weighted by molar-refractivity contribution is 5.80. The lowest BCUT2D eigenvalue weighted by molar-refractivity contribution is -0.225. The van der Waals surface area contributed by atoms with E-state index in [1.165, 1.54) is 19.3 Å². The van der Waals surface area contributed by atoms with Crippen LogP contribution in [0.1, 0.15) is 230 Å². The zero-order chi connectivity index (χ0) is 43.8. The number of carbonyl (C=O) groups is 5. The molecule has 11 nitrogen and oxygen atoms in total. The van der Waals surface area contributed by atoms with Gasteiger partial charge in [0.05, 0.1) is 27.8 Å². The number of fused-ring (bicyclic) bond motifs is 1. The van der Waals surface area contributed by atoms with Gasteiger partial charge in [0.1, 0.15) is 23.4 Å². The Kier molecular flexibility index (Phi) is 24.3. The number of ether oxygens (including phenoxy) is 5. The lowest BCUT2D eigenvalue weighted by Crippen LogP contribution is -2.61. The number of aliphatic hydroxyl groups is 1. The van der Waals surface area contributed by atoms with Crippen molar-refractivity contribution in [1.29, 1.82) is 0 Å². The van der Waals surface area contributed by atoms with Crippen LogP contribution in [0.5, 0.6) is 0 Å². The molecular formula is C54H102O11. The first kappa shape index (κ1) is 64.4. The van der Waals surface area contributed by atoms with E-state index in [4.69, 9.17) is 23.7 Å². The topological polar surface area (TPSA) is 152 Å². The Morgan fingerprint density at radius 1 is 0.677 bits per heavy atom. The fourth-order valence-electron chi connectivity index (χ4n) is 11.1. The van der Waals surface area contributed by atoms with Crippen LogP contribution < -0.4 is 0 Å². The van der Waals surface area contributed by atoms with Crippen LogP contribution in [0.4, 0.5) is 0 Å². The SMILES string of the molecule is C.C.C.C.C.C.CCC(C)(C)C(=O)OC1(C(C)C)CCCC1.CCC(C)(C)C(=O)OC12CC3CC(CC(O)(C3)C1)C2.CCC(C)(C)C(=O)OCC(=O)OC1C2CC3CC(C2)C(=O)OC1C3. The summed E-state index contributed by atoms with van der Waals surface area (Å²) in [5.74, 6) is 0.923. The average molecular weight is 927 g/mol. The molecule has 2 heterocycles. The minimum Gasteiger partial charge on any atom is -0.459 e. The van der Waals surface area contributed by atoms with E-state index in [1.54, 1.807) is 13.8 Å². The smallest absolute Gasteiger partial charge is 0.344 e. The Hall–Kier alpha value is -2.69. The van der Waals surface area contributed by atoms with Crippen molar-refractivity contribution < 1.29 is 52.8 Å². The van der Waals surface area contributed by atoms with E-state index in [9.17, 15) is 29.1 Å². The molecule has 0 spiro atoms. The van der Waals surface area contributed by atoms with Gasteiger partial charge >= 0.3 is 29.8 Å². The van der Waals surface area contributed by atoms with Crippen molar-refractivity contribution in [3.8, 4) is 0 Å². The highest BCUT2D eigenvalue weighted by Gasteiger charge is 2.60. The van der Waals surface area contributed by atoms with E-state index < -0.39 is 34.5 Å². The minimum absolute atomic E-state index is 0. The van der Waals surface area contributed by atoms with Gasteiger partial charge in [0.15, 0.2) is 6.61 Å². The van der Waals surface area contributed by atoms with E-state index >= 15 is 0 Å². The maximum Gasteiger partial charge on any atom is 0.344 e. The van der Waals surface area contributed by atoms with E-state index in [0.29, 0.717) is 36.5 Å². The maximum atomic E-state index is 12.4. The zero-order valence-electron chi connectivity index (χ0n) is 38.4. The fraction of sp³-hybridized carbons (Fsp3) is 0.907. The van der Waals surface area contributed by atoms with Gasteiger partial charge < -0.3 is 28.8 Å². The van der Waals surface area contributed by atoms with Gasteiger partial charge in [-0.2, -0.15) is 0 Å². The third kappa shape index (κ3) is 14.9. The van der Waals surface area contributed by atoms with Crippen molar-refractivity contribution in [3.05, 3.63) is 0 Å². The molecule has 1 N–H and O–H groups in total. The molecule has 65 heavy (non-hydrogen) atoms. The number of carbonyl (C=O) groups excluding carboxylic acids is 5.